The van der Waals surface area contributed by atoms with E-state index in [0.717, 1.165) is 16.8 Å². The highest BCUT2D eigenvalue weighted by Crippen LogP contribution is 2.38. The number of ether oxygens (including phenoxy) is 1. The highest BCUT2D eigenvalue weighted by Gasteiger charge is 2.45. The molecule has 4 heteroatoms. The van der Waals surface area contributed by atoms with Gasteiger partial charge in [-0.25, -0.2) is 0 Å². The zero-order valence-corrected chi connectivity index (χ0v) is 17.7. The van der Waals surface area contributed by atoms with E-state index in [0.29, 0.717) is 25.8 Å². The van der Waals surface area contributed by atoms with Crippen molar-refractivity contribution in [1.82, 2.24) is 4.57 Å². The number of carbonyl (C=O) groups excluding carboxylic acids is 1. The van der Waals surface area contributed by atoms with Crippen molar-refractivity contribution in [2.45, 2.75) is 99.8 Å². The quantitative estimate of drug-likeness (QED) is 0.784. The van der Waals surface area contributed by atoms with Gasteiger partial charge in [-0.05, 0) is 46.6 Å². The second-order valence-electron chi connectivity index (χ2n) is 6.00. The van der Waals surface area contributed by atoms with Crippen molar-refractivity contribution < 1.29 is 9.53 Å². The first kappa shape index (κ1) is 23.6. The van der Waals surface area contributed by atoms with Crippen molar-refractivity contribution in [3.05, 3.63) is 33.2 Å². The van der Waals surface area contributed by atoms with E-state index in [1.807, 2.05) is 68.4 Å². The Bertz CT molecular complexity index is 616. The van der Waals surface area contributed by atoms with E-state index < -0.39 is 5.60 Å². The molecule has 0 bridgehead atoms. The maximum absolute atomic E-state index is 12.7. The summed E-state index contributed by atoms with van der Waals surface area (Å²) in [4.78, 5) is 25.2. The highest BCUT2D eigenvalue weighted by atomic mass is 16.5. The molecule has 4 nitrogen and oxygen atoms in total. The van der Waals surface area contributed by atoms with Gasteiger partial charge in [-0.1, -0.05) is 34.6 Å². The lowest BCUT2D eigenvalue weighted by Crippen LogP contribution is -2.46. The summed E-state index contributed by atoms with van der Waals surface area (Å²) in [7, 11) is 0. The fraction of sp³-hybridized carbons (Fsp3) is 0.714. The van der Waals surface area contributed by atoms with Crippen molar-refractivity contribution in [3.8, 4) is 0 Å². The average molecular weight is 352 g/mol. The van der Waals surface area contributed by atoms with Gasteiger partial charge >= 0.3 is 0 Å². The van der Waals surface area contributed by atoms with Crippen molar-refractivity contribution in [2.75, 3.05) is 0 Å². The number of hydrogen-bond acceptors (Lipinski definition) is 3. The predicted molar refractivity (Wildman–Crippen MR) is 105 cm³/mol. The van der Waals surface area contributed by atoms with E-state index in [1.165, 1.54) is 0 Å². The summed E-state index contributed by atoms with van der Waals surface area (Å²) in [5.41, 5.74) is 1.52. The largest absolute Gasteiger partial charge is 0.360 e. The summed E-state index contributed by atoms with van der Waals surface area (Å²) in [6.45, 7) is 18.3. The number of ketones is 1. The summed E-state index contributed by atoms with van der Waals surface area (Å²) in [6, 6.07) is 1.98. The van der Waals surface area contributed by atoms with Crippen LogP contribution >= 0.6 is 0 Å². The minimum absolute atomic E-state index is 0.0326. The van der Waals surface area contributed by atoms with Crippen LogP contribution in [0.3, 0.4) is 0 Å². The molecule has 0 fully saturated rings. The number of rotatable bonds is 4. The van der Waals surface area contributed by atoms with Crippen molar-refractivity contribution in [2.24, 2.45) is 0 Å². The van der Waals surface area contributed by atoms with Gasteiger partial charge in [0.05, 0.1) is 6.10 Å². The molecular weight excluding hydrogens is 314 g/mol. The normalized spacial score (nSPS) is 18.7. The minimum atomic E-state index is -0.946. The lowest BCUT2D eigenvalue weighted by atomic mass is 9.76. The van der Waals surface area contributed by atoms with E-state index >= 15 is 0 Å². The van der Waals surface area contributed by atoms with Crippen LogP contribution in [0.15, 0.2) is 10.9 Å². The first-order valence-corrected chi connectivity index (χ1v) is 9.82. The lowest BCUT2D eigenvalue weighted by Gasteiger charge is -2.38. The van der Waals surface area contributed by atoms with Gasteiger partial charge in [-0.15, -0.1) is 0 Å². The van der Waals surface area contributed by atoms with Gasteiger partial charge in [0.2, 0.25) is 0 Å². The van der Waals surface area contributed by atoms with Gasteiger partial charge in [0.15, 0.2) is 11.4 Å². The smallest absolute Gasteiger partial charge is 0.254 e. The van der Waals surface area contributed by atoms with E-state index in [-0.39, 0.29) is 17.4 Å². The van der Waals surface area contributed by atoms with Crippen LogP contribution in [-0.2, 0) is 28.1 Å². The van der Waals surface area contributed by atoms with Crippen molar-refractivity contribution in [3.63, 3.8) is 0 Å². The van der Waals surface area contributed by atoms with Crippen LogP contribution < -0.4 is 5.56 Å². The fourth-order valence-electron chi connectivity index (χ4n) is 3.40. The first-order chi connectivity index (χ1) is 11.9. The molecule has 144 valence electrons. The van der Waals surface area contributed by atoms with Crippen LogP contribution in [0, 0.1) is 6.92 Å². The third-order valence-electron chi connectivity index (χ3n) is 4.35. The molecule has 1 aliphatic rings. The van der Waals surface area contributed by atoms with Crippen LogP contribution in [0.1, 0.15) is 85.1 Å². The van der Waals surface area contributed by atoms with E-state index in [2.05, 4.69) is 0 Å². The second kappa shape index (κ2) is 10.5. The summed E-state index contributed by atoms with van der Waals surface area (Å²) in [5, 5.41) is 0. The maximum Gasteiger partial charge on any atom is 0.254 e. The van der Waals surface area contributed by atoms with Crippen LogP contribution in [0.4, 0.5) is 0 Å². The van der Waals surface area contributed by atoms with Gasteiger partial charge < -0.3 is 9.30 Å². The number of Topliss-reactive ketones (excluding diaryl/α,β-unsaturated/α-hetero) is 1. The Hall–Kier alpha value is -1.42. The topological polar surface area (TPSA) is 48.3 Å². The Morgan fingerprint density at radius 2 is 1.68 bits per heavy atom. The second-order valence-corrected chi connectivity index (χ2v) is 6.00. The third-order valence-corrected chi connectivity index (χ3v) is 4.35. The Labute approximate surface area is 153 Å². The summed E-state index contributed by atoms with van der Waals surface area (Å²) >= 11 is 0. The van der Waals surface area contributed by atoms with Crippen LogP contribution in [-0.4, -0.2) is 16.5 Å². The summed E-state index contributed by atoms with van der Waals surface area (Å²) in [5.74, 6) is 0.0965. The molecule has 0 N–H and O–H groups in total. The number of fused-ring (bicyclic) bond motifs is 1. The van der Waals surface area contributed by atoms with Gasteiger partial charge in [0, 0.05) is 29.8 Å². The van der Waals surface area contributed by atoms with Crippen molar-refractivity contribution in [1.29, 1.82) is 0 Å². The maximum atomic E-state index is 12.7. The molecule has 0 spiro atoms. The number of hydrogen-bond donors (Lipinski definition) is 0. The molecule has 0 saturated heterocycles. The molecule has 1 aromatic heterocycles. The standard InChI is InChI=1S/C17H25NO3.2C2H6/c1-6-17(21-11(3)4)14-10-12(5)18(7-2)16(20)13(14)8-9-15(17)19;2*1-2/h10-11H,6-9H2,1-5H3;2*1-2H3/t17-;;/m0../s1. The third kappa shape index (κ3) is 4.60. The van der Waals surface area contributed by atoms with Crippen LogP contribution in [0.2, 0.25) is 0 Å². The molecule has 0 radical (unpaired) electrons. The molecular formula is C21H37NO3. The Kier molecular flexibility index (Phi) is 9.95. The molecule has 0 aliphatic heterocycles. The molecule has 25 heavy (non-hydrogen) atoms. The molecule has 0 aromatic carbocycles. The van der Waals surface area contributed by atoms with Gasteiger partial charge in [0.25, 0.3) is 5.56 Å². The molecule has 1 heterocycles. The molecule has 1 aromatic rings. The van der Waals surface area contributed by atoms with E-state index in [1.54, 1.807) is 4.57 Å². The van der Waals surface area contributed by atoms with Gasteiger partial charge in [-0.3, -0.25) is 9.59 Å². The van der Waals surface area contributed by atoms with Gasteiger partial charge in [-0.2, -0.15) is 0 Å². The predicted octanol–water partition coefficient (Wildman–Crippen LogP) is 4.77. The van der Waals surface area contributed by atoms with Crippen LogP contribution in [0.5, 0.6) is 0 Å². The molecule has 0 unspecified atom stereocenters. The fourth-order valence-corrected chi connectivity index (χ4v) is 3.40. The summed E-state index contributed by atoms with van der Waals surface area (Å²) in [6.07, 6.45) is 1.41. The molecule has 1 aliphatic carbocycles. The Morgan fingerprint density at radius 1 is 1.12 bits per heavy atom. The monoisotopic (exact) mass is 351 g/mol. The molecule has 1 atom stereocenters. The zero-order chi connectivity index (χ0) is 19.8. The first-order valence-electron chi connectivity index (χ1n) is 9.82. The van der Waals surface area contributed by atoms with E-state index in [9.17, 15) is 9.59 Å². The molecule has 2 rings (SSSR count). The zero-order valence-electron chi connectivity index (χ0n) is 17.7. The average Bonchev–Trinajstić information content (AvgIpc) is 2.61. The van der Waals surface area contributed by atoms with Crippen LogP contribution in [0.25, 0.3) is 0 Å². The highest BCUT2D eigenvalue weighted by molar-refractivity contribution is 5.90. The van der Waals surface area contributed by atoms with E-state index in [4.69, 9.17) is 4.74 Å². The number of pyridine rings is 1. The number of carbonyl (C=O) groups is 1. The van der Waals surface area contributed by atoms with Crippen molar-refractivity contribution >= 4 is 5.78 Å². The minimum Gasteiger partial charge on any atom is -0.360 e. The number of aromatic nitrogens is 1. The number of aryl methyl sites for hydroxylation is 1. The molecule has 0 saturated carbocycles. The van der Waals surface area contributed by atoms with Gasteiger partial charge in [0.1, 0.15) is 0 Å². The Morgan fingerprint density at radius 3 is 2.12 bits per heavy atom. The lowest BCUT2D eigenvalue weighted by molar-refractivity contribution is -0.155. The SMILES string of the molecule is CC.CC.CCn1c(C)cc2c(c1=O)CCC(=O)[C@@]2(CC)OC(C)C. The molecule has 0 amide bonds. The number of nitrogens with zero attached hydrogens (tertiary/aromatic N) is 1. The summed E-state index contributed by atoms with van der Waals surface area (Å²) < 4.78 is 7.82. The Balaban J connectivity index is 0.00000134.